The molecular formula is C8H16N2. The number of rotatable bonds is 0. The van der Waals surface area contributed by atoms with Crippen molar-refractivity contribution < 1.29 is 0 Å². The quantitative estimate of drug-likeness (QED) is 0.509. The van der Waals surface area contributed by atoms with Gasteiger partial charge < -0.3 is 11.1 Å². The van der Waals surface area contributed by atoms with Crippen LogP contribution in [0.4, 0.5) is 0 Å². The van der Waals surface area contributed by atoms with E-state index >= 15 is 0 Å². The van der Waals surface area contributed by atoms with Gasteiger partial charge in [-0.1, -0.05) is 6.42 Å². The van der Waals surface area contributed by atoms with E-state index in [1.807, 2.05) is 0 Å². The van der Waals surface area contributed by atoms with Crippen LogP contribution < -0.4 is 11.1 Å². The topological polar surface area (TPSA) is 38.0 Å². The molecule has 1 aliphatic carbocycles. The van der Waals surface area contributed by atoms with E-state index in [9.17, 15) is 0 Å². The normalized spacial score (nSPS) is 47.1. The second kappa shape index (κ2) is 2.51. The van der Waals surface area contributed by atoms with Crippen LogP contribution in [-0.4, -0.2) is 19.1 Å². The minimum absolute atomic E-state index is 0.446. The van der Waals surface area contributed by atoms with Gasteiger partial charge in [0.2, 0.25) is 0 Å². The predicted octanol–water partition coefficient (Wildman–Crippen LogP) is 0.333. The third kappa shape index (κ3) is 0.956. The summed E-state index contributed by atoms with van der Waals surface area (Å²) in [6.07, 6.45) is 4.20. The minimum Gasteiger partial charge on any atom is -0.326 e. The van der Waals surface area contributed by atoms with Crippen LogP contribution in [0.15, 0.2) is 0 Å². The maximum absolute atomic E-state index is 5.96. The van der Waals surface area contributed by atoms with Gasteiger partial charge in [-0.05, 0) is 31.2 Å². The zero-order valence-corrected chi connectivity index (χ0v) is 6.34. The van der Waals surface area contributed by atoms with Crippen LogP contribution in [0.5, 0.6) is 0 Å². The highest BCUT2D eigenvalue weighted by Crippen LogP contribution is 2.34. The van der Waals surface area contributed by atoms with E-state index in [-0.39, 0.29) is 0 Å². The largest absolute Gasteiger partial charge is 0.326 e. The summed E-state index contributed by atoms with van der Waals surface area (Å²) >= 11 is 0. The predicted molar refractivity (Wildman–Crippen MR) is 41.7 cm³/mol. The van der Waals surface area contributed by atoms with Gasteiger partial charge in [-0.25, -0.2) is 0 Å². The molecule has 1 heterocycles. The Balaban J connectivity index is 2.03. The second-order valence-electron chi connectivity index (χ2n) is 3.68. The number of piperidine rings is 1. The van der Waals surface area contributed by atoms with Crippen LogP contribution in [-0.2, 0) is 0 Å². The first-order valence-electron chi connectivity index (χ1n) is 4.34. The third-order valence-corrected chi connectivity index (χ3v) is 3.05. The van der Waals surface area contributed by atoms with Crippen molar-refractivity contribution in [3.8, 4) is 0 Å². The molecule has 3 atom stereocenters. The first-order chi connectivity index (χ1) is 4.88. The highest BCUT2D eigenvalue weighted by molar-refractivity contribution is 4.90. The molecule has 2 aliphatic rings. The van der Waals surface area contributed by atoms with Crippen molar-refractivity contribution in [3.05, 3.63) is 0 Å². The number of fused-ring (bicyclic) bond motifs is 1. The Kier molecular flexibility index (Phi) is 1.66. The van der Waals surface area contributed by atoms with Gasteiger partial charge in [-0.3, -0.25) is 0 Å². The molecule has 1 saturated heterocycles. The maximum atomic E-state index is 5.96. The lowest BCUT2D eigenvalue weighted by atomic mass is 9.86. The monoisotopic (exact) mass is 140 g/mol. The molecule has 2 nitrogen and oxygen atoms in total. The number of hydrogen-bond donors (Lipinski definition) is 2. The van der Waals surface area contributed by atoms with Gasteiger partial charge in [-0.15, -0.1) is 0 Å². The smallest absolute Gasteiger partial charge is 0.0197 e. The molecule has 2 fully saturated rings. The molecule has 0 radical (unpaired) electrons. The molecule has 0 aromatic heterocycles. The Bertz CT molecular complexity index is 124. The van der Waals surface area contributed by atoms with Gasteiger partial charge in [0, 0.05) is 12.6 Å². The van der Waals surface area contributed by atoms with E-state index in [0.717, 1.165) is 18.4 Å². The number of nitrogens with two attached hydrogens (primary N) is 1. The van der Waals surface area contributed by atoms with Crippen LogP contribution in [0, 0.1) is 11.8 Å². The summed E-state index contributed by atoms with van der Waals surface area (Å²) in [6.45, 7) is 2.26. The molecule has 1 saturated carbocycles. The lowest BCUT2D eigenvalue weighted by molar-refractivity contribution is 0.258. The third-order valence-electron chi connectivity index (χ3n) is 3.05. The molecule has 0 aromatic rings. The molecule has 0 aromatic carbocycles. The fourth-order valence-electron chi connectivity index (χ4n) is 2.47. The Morgan fingerprint density at radius 2 is 2.10 bits per heavy atom. The molecule has 0 amide bonds. The van der Waals surface area contributed by atoms with Crippen molar-refractivity contribution in [1.29, 1.82) is 0 Å². The Morgan fingerprint density at radius 3 is 2.90 bits per heavy atom. The van der Waals surface area contributed by atoms with E-state index in [0.29, 0.717) is 6.04 Å². The van der Waals surface area contributed by atoms with Crippen LogP contribution in [0.25, 0.3) is 0 Å². The summed E-state index contributed by atoms with van der Waals surface area (Å²) in [6, 6.07) is 0.446. The molecule has 2 rings (SSSR count). The Morgan fingerprint density at radius 1 is 1.20 bits per heavy atom. The van der Waals surface area contributed by atoms with E-state index in [1.165, 1.54) is 25.8 Å². The molecule has 58 valence electrons. The van der Waals surface area contributed by atoms with Gasteiger partial charge in [0.1, 0.15) is 0 Å². The molecule has 0 bridgehead atoms. The first-order valence-corrected chi connectivity index (χ1v) is 4.34. The lowest BCUT2D eigenvalue weighted by Crippen LogP contribution is -2.49. The number of hydrogen-bond acceptors (Lipinski definition) is 2. The van der Waals surface area contributed by atoms with E-state index in [2.05, 4.69) is 5.32 Å². The van der Waals surface area contributed by atoms with E-state index in [1.54, 1.807) is 0 Å². The van der Waals surface area contributed by atoms with Crippen molar-refractivity contribution in [2.45, 2.75) is 25.3 Å². The van der Waals surface area contributed by atoms with Crippen molar-refractivity contribution >= 4 is 0 Å². The summed E-state index contributed by atoms with van der Waals surface area (Å²) in [7, 11) is 0. The second-order valence-corrected chi connectivity index (χ2v) is 3.68. The Hall–Kier alpha value is -0.0800. The molecule has 2 heteroatoms. The van der Waals surface area contributed by atoms with Crippen molar-refractivity contribution in [1.82, 2.24) is 5.32 Å². The standard InChI is InChI=1S/C8H16N2/c9-8-5-10-4-6-2-1-3-7(6)8/h6-8,10H,1-5,9H2/t6-,7-,8+/m1/s1. The maximum Gasteiger partial charge on any atom is 0.0197 e. The average Bonchev–Trinajstić information content (AvgIpc) is 2.36. The fraction of sp³-hybridized carbons (Fsp3) is 1.00. The summed E-state index contributed by atoms with van der Waals surface area (Å²) in [4.78, 5) is 0. The molecule has 0 unspecified atom stereocenters. The van der Waals surface area contributed by atoms with Crippen LogP contribution in [0.2, 0.25) is 0 Å². The highest BCUT2D eigenvalue weighted by atomic mass is 14.9. The number of nitrogens with one attached hydrogen (secondary N) is 1. The van der Waals surface area contributed by atoms with E-state index in [4.69, 9.17) is 5.73 Å². The SMILES string of the molecule is N[C@H]1CNC[C@H]2CCC[C@H]21. The molecule has 0 spiro atoms. The van der Waals surface area contributed by atoms with E-state index < -0.39 is 0 Å². The summed E-state index contributed by atoms with van der Waals surface area (Å²) in [5, 5.41) is 3.38. The van der Waals surface area contributed by atoms with Crippen LogP contribution in [0.1, 0.15) is 19.3 Å². The summed E-state index contributed by atoms with van der Waals surface area (Å²) < 4.78 is 0. The van der Waals surface area contributed by atoms with Gasteiger partial charge in [0.25, 0.3) is 0 Å². The molecule has 10 heavy (non-hydrogen) atoms. The Labute approximate surface area is 62.2 Å². The summed E-state index contributed by atoms with van der Waals surface area (Å²) in [5.74, 6) is 1.75. The van der Waals surface area contributed by atoms with Gasteiger partial charge >= 0.3 is 0 Å². The lowest BCUT2D eigenvalue weighted by Gasteiger charge is -2.31. The minimum atomic E-state index is 0.446. The fourth-order valence-corrected chi connectivity index (χ4v) is 2.47. The van der Waals surface area contributed by atoms with Crippen molar-refractivity contribution in [3.63, 3.8) is 0 Å². The summed E-state index contributed by atoms with van der Waals surface area (Å²) in [5.41, 5.74) is 5.96. The zero-order chi connectivity index (χ0) is 6.97. The van der Waals surface area contributed by atoms with Gasteiger partial charge in [0.05, 0.1) is 0 Å². The average molecular weight is 140 g/mol. The zero-order valence-electron chi connectivity index (χ0n) is 6.34. The van der Waals surface area contributed by atoms with Crippen LogP contribution >= 0.6 is 0 Å². The first kappa shape index (κ1) is 6.62. The van der Waals surface area contributed by atoms with Crippen molar-refractivity contribution in [2.24, 2.45) is 17.6 Å². The molecular weight excluding hydrogens is 124 g/mol. The van der Waals surface area contributed by atoms with Crippen molar-refractivity contribution in [2.75, 3.05) is 13.1 Å². The van der Waals surface area contributed by atoms with Gasteiger partial charge in [-0.2, -0.15) is 0 Å². The van der Waals surface area contributed by atoms with Crippen LogP contribution in [0.3, 0.4) is 0 Å². The molecule has 3 N–H and O–H groups in total. The molecule has 1 aliphatic heterocycles. The van der Waals surface area contributed by atoms with Gasteiger partial charge in [0.15, 0.2) is 0 Å². The highest BCUT2D eigenvalue weighted by Gasteiger charge is 2.34.